The molecule has 44 nitrogen and oxygen atoms in total. The van der Waals surface area contributed by atoms with Gasteiger partial charge in [0.1, 0.15) is 22.3 Å². The number of rotatable bonds is 23. The molecular weight excluding hydrogens is 1910 g/mol. The van der Waals surface area contributed by atoms with Crippen LogP contribution in [0.5, 0.6) is 23.5 Å². The van der Waals surface area contributed by atoms with Gasteiger partial charge in [-0.15, -0.1) is 0 Å². The van der Waals surface area contributed by atoms with Crippen LogP contribution in [0.2, 0.25) is 0 Å². The van der Waals surface area contributed by atoms with Gasteiger partial charge in [0.2, 0.25) is 63.6 Å². The number of sulfonamides is 4. The van der Waals surface area contributed by atoms with Gasteiger partial charge in [-0.05, 0) is 189 Å². The molecule has 15 N–H and O–H groups in total. The molecule has 0 saturated carbocycles. The quantitative estimate of drug-likeness (QED) is 0.0265. The fourth-order valence-electron chi connectivity index (χ4n) is 14.3. The van der Waals surface area contributed by atoms with Crippen molar-refractivity contribution < 1.29 is 91.2 Å². The van der Waals surface area contributed by atoms with Gasteiger partial charge in [-0.1, -0.05) is 83.1 Å². The number of anilines is 8. The summed E-state index contributed by atoms with van der Waals surface area (Å²) in [6.07, 6.45) is 6.66. The molecule has 8 heterocycles. The van der Waals surface area contributed by atoms with Gasteiger partial charge in [-0.2, -0.15) is 19.1 Å². The Labute approximate surface area is 784 Å². The summed E-state index contributed by atoms with van der Waals surface area (Å²) in [5.41, 5.74) is -3.46. The second kappa shape index (κ2) is 38.3. The Morgan fingerprint density at radius 3 is 0.889 bits per heavy atom. The smallest absolute Gasteiger partial charge is 0.348 e. The molecule has 4 aliphatic heterocycles. The van der Waals surface area contributed by atoms with Crippen molar-refractivity contribution in [3.8, 4) is 23.5 Å². The molecule has 4 aromatic heterocycles. The highest BCUT2D eigenvalue weighted by Crippen LogP contribution is 2.55. The van der Waals surface area contributed by atoms with Crippen molar-refractivity contribution in [3.05, 3.63) is 136 Å². The summed E-state index contributed by atoms with van der Waals surface area (Å²) < 4.78 is 192. The second-order valence-electron chi connectivity index (χ2n) is 40.8. The molecule has 8 aromatic rings. The molecule has 4 atom stereocenters. The molecular formula is C83H126N20O24P4S4. The van der Waals surface area contributed by atoms with E-state index in [1.165, 1.54) is 113 Å². The Morgan fingerprint density at radius 2 is 0.622 bits per heavy atom. The van der Waals surface area contributed by atoms with Gasteiger partial charge in [-0.3, -0.25) is 80.2 Å². The zero-order chi connectivity index (χ0) is 102. The molecule has 0 spiro atoms. The van der Waals surface area contributed by atoms with Crippen LogP contribution in [0.4, 0.5) is 45.5 Å². The number of H-pyrrole nitrogens is 1. The first kappa shape index (κ1) is 108. The Hall–Kier alpha value is -10.2. The maximum Gasteiger partial charge on any atom is 0.348 e. The number of fused-ring (bicyclic) bond motifs is 4. The van der Waals surface area contributed by atoms with Crippen LogP contribution in [0.25, 0.3) is 0 Å². The Balaban J connectivity index is 0.000000202. The fraction of sp³-hybridized carbons (Fsp3) is 0.518. The number of nitrogens with zero attached hydrogens (tertiary/aromatic N) is 11. The van der Waals surface area contributed by atoms with E-state index in [1.54, 1.807) is 6.92 Å². The van der Waals surface area contributed by atoms with Crippen molar-refractivity contribution in [1.82, 2.24) is 37.9 Å². The van der Waals surface area contributed by atoms with Crippen molar-refractivity contribution in [2.24, 2.45) is 40.7 Å². The molecule has 4 aromatic carbocycles. The number of aryl methyl sites for hydroxylation is 1. The highest BCUT2D eigenvalue weighted by atomic mass is 32.2. The molecule has 746 valence electrons. The molecule has 4 aliphatic rings. The van der Waals surface area contributed by atoms with Crippen molar-refractivity contribution >= 4 is 160 Å². The highest BCUT2D eigenvalue weighted by molar-refractivity contribution is 7.92. The van der Waals surface area contributed by atoms with E-state index >= 15 is 0 Å². The van der Waals surface area contributed by atoms with E-state index in [2.05, 4.69) is 106 Å². The summed E-state index contributed by atoms with van der Waals surface area (Å²) in [5.74, 6) is -1.94. The molecule has 4 unspecified atom stereocenters. The van der Waals surface area contributed by atoms with Gasteiger partial charge in [0.15, 0.2) is 23.3 Å². The molecule has 135 heavy (non-hydrogen) atoms. The lowest BCUT2D eigenvalue weighted by Gasteiger charge is -2.26. The van der Waals surface area contributed by atoms with Gasteiger partial charge in [0.25, 0.3) is 22.2 Å². The highest BCUT2D eigenvalue weighted by Gasteiger charge is 2.43. The van der Waals surface area contributed by atoms with E-state index in [0.29, 0.717) is 63.2 Å². The van der Waals surface area contributed by atoms with Gasteiger partial charge in [0.05, 0.1) is 92.2 Å². The molecule has 0 saturated heterocycles. The van der Waals surface area contributed by atoms with Crippen LogP contribution < -0.4 is 83.6 Å². The van der Waals surface area contributed by atoms with Crippen LogP contribution >= 0.6 is 30.1 Å². The number of hydrogen-bond acceptors (Lipinski definition) is 26. The number of hydrogen-bond donors (Lipinski definition) is 15. The van der Waals surface area contributed by atoms with E-state index in [1.807, 2.05) is 104 Å². The fourth-order valence-corrected chi connectivity index (χ4v) is 22.4. The van der Waals surface area contributed by atoms with Crippen LogP contribution in [0.3, 0.4) is 0 Å². The van der Waals surface area contributed by atoms with Crippen LogP contribution in [0, 0.1) is 21.7 Å². The lowest BCUT2D eigenvalue weighted by molar-refractivity contribution is 0.234. The third kappa shape index (κ3) is 26.6. The summed E-state index contributed by atoms with van der Waals surface area (Å²) in [4.78, 5) is 74.1. The zero-order valence-electron chi connectivity index (χ0n) is 80.7. The molecule has 0 aliphatic carbocycles. The monoisotopic (exact) mass is 2040 g/mol. The van der Waals surface area contributed by atoms with E-state index < -0.39 is 115 Å². The summed E-state index contributed by atoms with van der Waals surface area (Å²) in [5, 5.41) is 58.2. The van der Waals surface area contributed by atoms with E-state index in [-0.39, 0.29) is 147 Å². The minimum Gasteiger partial charge on any atom is -0.493 e. The Kier molecular flexibility index (Phi) is 30.7. The summed E-state index contributed by atoms with van der Waals surface area (Å²) in [6, 6.07) is 16.8. The normalized spacial score (nSPS) is 18.7. The summed E-state index contributed by atoms with van der Waals surface area (Å²) in [6.45, 7) is 44.4. The third-order valence-electron chi connectivity index (χ3n) is 20.4. The molecule has 0 radical (unpaired) electrons. The largest absolute Gasteiger partial charge is 0.493 e. The molecule has 52 heteroatoms. The topological polar surface area (TPSA) is 609 Å². The molecule has 0 fully saturated rings. The minimum atomic E-state index is -4.40. The standard InChI is InChI=1S/C23H36N5O6PS.C22H34N5O6PS.C21H32N5O6PS.C17H24N5O6PS/c1-9-34-35(31)17-14-15(26-36(8,32)33)10-11-16(17)24-19(25-35)18-20(29)27(13-12-22(2,3)4)28(21(18)30)23(5,6)7;1-21(2,3)11-12-26-19(28)17(20(29)27(26)22(4,5)6)18-23-15-10-9-14(25-35(8,31)32)13-16(15)34(30,24-18)33-7;1-20(2,3)10-11-25-18(27)16(19(28)26(25)21(4,5)6)17-22-14-9-8-13(24-34(7,31)32)12-15(14)33(29,30)23-17;1-17(2,3)7-8-22-16(24)13(15(23)19-22)14-18-11-6-5-10(21-30(4,27)28)9-12(11)29(25,26)20-14/h10-11,14,26,29H,9,12-13H2,1-8H3,(H,24,25,31);9-10,13,25,28H,11-12H2,1-8H3,(H,23,24,30);8-9,12,24,27H,10-11H2,1-7H3,(H2,22,23,29,30);5-6,9,21,24H,7-8H2,1-4H3,(H,19,23)(H2,18,20,25,26). The maximum absolute atomic E-state index is 13.9. The van der Waals surface area contributed by atoms with Gasteiger partial charge in [-0.25, -0.2) is 47.7 Å². The number of aromatic nitrogens is 8. The summed E-state index contributed by atoms with van der Waals surface area (Å²) in [7, 11) is -29.7. The van der Waals surface area contributed by atoms with Gasteiger partial charge >= 0.3 is 30.1 Å². The average Bonchev–Trinajstić information content (AvgIpc) is 1.59. The number of benzene rings is 4. The first-order valence-electron chi connectivity index (χ1n) is 42.4. The number of amidine groups is 4. The van der Waals surface area contributed by atoms with Crippen molar-refractivity contribution in [2.45, 2.75) is 221 Å². The number of aromatic amines is 1. The van der Waals surface area contributed by atoms with E-state index in [9.17, 15) is 101 Å². The predicted octanol–water partition coefficient (Wildman–Crippen LogP) is 10.9. The van der Waals surface area contributed by atoms with E-state index in [4.69, 9.17) is 9.05 Å². The van der Waals surface area contributed by atoms with Gasteiger partial charge in [0, 0.05) is 56.0 Å². The second-order valence-corrected chi connectivity index (χ2v) is 55.4. The maximum atomic E-state index is 13.9. The molecule has 0 amide bonds. The Morgan fingerprint density at radius 1 is 0.370 bits per heavy atom. The molecule has 12 rings (SSSR count). The third-order valence-corrected chi connectivity index (χ3v) is 29.7. The average molecular weight is 2040 g/mol. The van der Waals surface area contributed by atoms with Crippen molar-refractivity contribution in [3.63, 3.8) is 0 Å². The first-order chi connectivity index (χ1) is 61.2. The van der Waals surface area contributed by atoms with Gasteiger partial charge < -0.3 is 60.5 Å². The lowest BCUT2D eigenvalue weighted by atomic mass is 9.92. The number of nitrogens with one attached hydrogen (secondary N) is 9. The SMILES string of the molecule is CC(C)(C)CCn1[nH]c(=O)c(C2=NP(=O)(O)c3cc(NS(C)(=O)=O)ccc3N2)c1O.CC(C)(C)CCn1c(O)c(C2=NP(=O)(O)c3cc(NS(C)(=O)=O)ccc3N2)c(=O)n1C(C)(C)C.CCOP1(=O)N=C(c2c(O)n(CCC(C)(C)C)n(C(C)(C)C)c2=O)Nc2ccc(NS(C)(=O)=O)cc21.COP1(=O)N=C(c2c(O)n(CCC(C)(C)C)n(C(C)(C)C)c2=O)Nc2ccc(NS(C)(=O)=O)cc21. The van der Waals surface area contributed by atoms with Crippen molar-refractivity contribution in [2.75, 3.05) is 78.9 Å². The van der Waals surface area contributed by atoms with Crippen LogP contribution in [0.15, 0.2) is 111 Å². The van der Waals surface area contributed by atoms with Crippen LogP contribution in [-0.2, 0) is 110 Å². The lowest BCUT2D eigenvalue weighted by Crippen LogP contribution is -2.39. The Bertz CT molecular complexity index is 7090. The molecule has 0 bridgehead atoms. The first-order valence-corrected chi connectivity index (χ1v) is 56.4. The van der Waals surface area contributed by atoms with E-state index in [0.717, 1.165) is 25.0 Å². The zero-order valence-corrected chi connectivity index (χ0v) is 87.5. The van der Waals surface area contributed by atoms with Crippen LogP contribution in [-0.4, -0.2) is 164 Å². The van der Waals surface area contributed by atoms with Crippen LogP contribution in [0.1, 0.15) is 200 Å². The minimum absolute atomic E-state index is 0.0359. The summed E-state index contributed by atoms with van der Waals surface area (Å²) >= 11 is 0. The number of aromatic hydroxyl groups is 4. The van der Waals surface area contributed by atoms with Crippen molar-refractivity contribution in [1.29, 1.82) is 0 Å². The predicted molar refractivity (Wildman–Crippen MR) is 531 cm³/mol.